The second-order valence-corrected chi connectivity index (χ2v) is 3.81. The van der Waals surface area contributed by atoms with E-state index < -0.39 is 6.29 Å². The molecule has 1 unspecified atom stereocenters. The zero-order valence-electron chi connectivity index (χ0n) is 10.1. The lowest BCUT2D eigenvalue weighted by molar-refractivity contribution is -0.108. The second-order valence-electron chi connectivity index (χ2n) is 3.81. The summed E-state index contributed by atoms with van der Waals surface area (Å²) in [4.78, 5) is 0. The normalized spacial score (nSPS) is 12.4. The Balaban J connectivity index is 2.14. The molecule has 4 nitrogen and oxygen atoms in total. The fourth-order valence-electron chi connectivity index (χ4n) is 1.30. The third-order valence-electron chi connectivity index (χ3n) is 2.26. The molecule has 4 heteroatoms. The molecule has 0 aromatic heterocycles. The Hall–Kier alpha value is -1.26. The van der Waals surface area contributed by atoms with Crippen LogP contribution >= 0.6 is 0 Å². The Morgan fingerprint density at radius 3 is 2.82 bits per heavy atom. The molecule has 0 aliphatic carbocycles. The number of ether oxygens (including phenoxy) is 2. The molecular formula is C13H20O4. The molecule has 1 aromatic rings. The molecule has 96 valence electrons. The average molecular weight is 240 g/mol. The molecule has 0 amide bonds. The van der Waals surface area contributed by atoms with Gasteiger partial charge in [-0.2, -0.15) is 0 Å². The first-order valence-corrected chi connectivity index (χ1v) is 5.94. The third-order valence-corrected chi connectivity index (χ3v) is 2.26. The summed E-state index contributed by atoms with van der Waals surface area (Å²) in [5.74, 6) is 0.757. The molecule has 1 rings (SSSR count). The molecular weight excluding hydrogens is 220 g/mol. The number of aromatic hydroxyl groups is 1. The van der Waals surface area contributed by atoms with Crippen molar-refractivity contribution in [2.24, 2.45) is 0 Å². The first-order valence-electron chi connectivity index (χ1n) is 5.94. The number of rotatable bonds is 8. The first-order chi connectivity index (χ1) is 8.22. The summed E-state index contributed by atoms with van der Waals surface area (Å²) in [6, 6.07) is 6.57. The van der Waals surface area contributed by atoms with E-state index in [1.807, 2.05) is 0 Å². The molecule has 0 aliphatic heterocycles. The van der Waals surface area contributed by atoms with E-state index in [9.17, 15) is 10.2 Å². The topological polar surface area (TPSA) is 58.9 Å². The van der Waals surface area contributed by atoms with Gasteiger partial charge in [0.05, 0.1) is 6.61 Å². The van der Waals surface area contributed by atoms with Crippen LogP contribution in [-0.2, 0) is 4.74 Å². The molecule has 0 saturated carbocycles. The summed E-state index contributed by atoms with van der Waals surface area (Å²) in [5, 5.41) is 18.7. The van der Waals surface area contributed by atoms with E-state index in [1.54, 1.807) is 18.2 Å². The number of unbranched alkanes of at least 4 members (excludes halogenated alkanes) is 1. The van der Waals surface area contributed by atoms with Crippen LogP contribution in [0, 0.1) is 0 Å². The van der Waals surface area contributed by atoms with Crippen LogP contribution in [0.25, 0.3) is 0 Å². The van der Waals surface area contributed by atoms with Gasteiger partial charge in [-0.3, -0.25) is 0 Å². The number of hydrogen-bond donors (Lipinski definition) is 2. The van der Waals surface area contributed by atoms with Crippen LogP contribution in [0.4, 0.5) is 0 Å². The molecule has 0 saturated heterocycles. The van der Waals surface area contributed by atoms with Gasteiger partial charge in [0.1, 0.15) is 11.5 Å². The number of aliphatic hydroxyl groups is 1. The molecule has 0 heterocycles. The highest BCUT2D eigenvalue weighted by Gasteiger charge is 2.04. The quantitative estimate of drug-likeness (QED) is 0.540. The minimum Gasteiger partial charge on any atom is -0.508 e. The van der Waals surface area contributed by atoms with E-state index in [2.05, 4.69) is 6.92 Å². The van der Waals surface area contributed by atoms with Crippen molar-refractivity contribution in [1.82, 2.24) is 0 Å². The number of aliphatic hydroxyl groups excluding tert-OH is 1. The van der Waals surface area contributed by atoms with Crippen molar-refractivity contribution in [2.45, 2.75) is 32.5 Å². The molecule has 0 fully saturated rings. The van der Waals surface area contributed by atoms with Crippen LogP contribution in [0.3, 0.4) is 0 Å². The fraction of sp³-hybridized carbons (Fsp3) is 0.538. The van der Waals surface area contributed by atoms with Crippen molar-refractivity contribution >= 4 is 0 Å². The van der Waals surface area contributed by atoms with Crippen LogP contribution in [0.1, 0.15) is 26.2 Å². The maximum absolute atomic E-state index is 9.46. The highest BCUT2D eigenvalue weighted by atomic mass is 16.6. The Labute approximate surface area is 102 Å². The van der Waals surface area contributed by atoms with Gasteiger partial charge in [0.2, 0.25) is 0 Å². The minimum atomic E-state index is -0.779. The molecule has 2 N–H and O–H groups in total. The van der Waals surface area contributed by atoms with Gasteiger partial charge in [-0.15, -0.1) is 0 Å². The predicted octanol–water partition coefficient (Wildman–Crippen LogP) is 2.30. The van der Waals surface area contributed by atoms with Gasteiger partial charge in [0.25, 0.3) is 0 Å². The lowest BCUT2D eigenvalue weighted by Crippen LogP contribution is -2.16. The van der Waals surface area contributed by atoms with Crippen molar-refractivity contribution in [3.63, 3.8) is 0 Å². The maximum Gasteiger partial charge on any atom is 0.157 e. The van der Waals surface area contributed by atoms with E-state index in [-0.39, 0.29) is 5.75 Å². The van der Waals surface area contributed by atoms with Gasteiger partial charge in [0, 0.05) is 19.1 Å². The highest BCUT2D eigenvalue weighted by Crippen LogP contribution is 2.17. The number of hydrogen-bond acceptors (Lipinski definition) is 4. The van der Waals surface area contributed by atoms with Crippen molar-refractivity contribution in [3.8, 4) is 11.5 Å². The number of phenolic OH excluding ortho intramolecular Hbond substituents is 1. The minimum absolute atomic E-state index is 0.169. The summed E-state index contributed by atoms with van der Waals surface area (Å²) in [6.07, 6.45) is 1.63. The Morgan fingerprint density at radius 2 is 2.12 bits per heavy atom. The van der Waals surface area contributed by atoms with Gasteiger partial charge in [-0.25, -0.2) is 0 Å². The molecule has 0 radical (unpaired) electrons. The van der Waals surface area contributed by atoms with Gasteiger partial charge in [-0.05, 0) is 18.6 Å². The van der Waals surface area contributed by atoms with Crippen molar-refractivity contribution < 1.29 is 19.7 Å². The van der Waals surface area contributed by atoms with E-state index in [4.69, 9.17) is 9.47 Å². The van der Waals surface area contributed by atoms with Gasteiger partial charge >= 0.3 is 0 Å². The highest BCUT2D eigenvalue weighted by molar-refractivity contribution is 5.31. The van der Waals surface area contributed by atoms with Crippen LogP contribution < -0.4 is 4.74 Å². The van der Waals surface area contributed by atoms with Crippen molar-refractivity contribution in [3.05, 3.63) is 24.3 Å². The smallest absolute Gasteiger partial charge is 0.157 e. The number of phenols is 1. The third kappa shape index (κ3) is 6.14. The van der Waals surface area contributed by atoms with Crippen LogP contribution in [0.15, 0.2) is 24.3 Å². The predicted molar refractivity (Wildman–Crippen MR) is 65.1 cm³/mol. The lowest BCUT2D eigenvalue weighted by atomic mass is 10.3. The van der Waals surface area contributed by atoms with Gasteiger partial charge in [-0.1, -0.05) is 19.4 Å². The summed E-state index contributed by atoms with van der Waals surface area (Å²) in [6.45, 7) is 3.00. The summed E-state index contributed by atoms with van der Waals surface area (Å²) in [5.41, 5.74) is 0. The van der Waals surface area contributed by atoms with Crippen LogP contribution in [0.5, 0.6) is 11.5 Å². The Morgan fingerprint density at radius 1 is 1.29 bits per heavy atom. The molecule has 1 atom stereocenters. The summed E-state index contributed by atoms with van der Waals surface area (Å²) >= 11 is 0. The average Bonchev–Trinajstić information content (AvgIpc) is 2.29. The summed E-state index contributed by atoms with van der Waals surface area (Å²) in [7, 11) is 0. The van der Waals surface area contributed by atoms with Crippen molar-refractivity contribution in [2.75, 3.05) is 13.2 Å². The van der Waals surface area contributed by atoms with Gasteiger partial charge < -0.3 is 19.7 Å². The Bertz CT molecular complexity index is 314. The first kappa shape index (κ1) is 13.8. The zero-order valence-corrected chi connectivity index (χ0v) is 10.1. The Kier molecular flexibility index (Phi) is 6.43. The molecule has 1 aromatic carbocycles. The molecule has 17 heavy (non-hydrogen) atoms. The van der Waals surface area contributed by atoms with E-state index in [1.165, 1.54) is 6.07 Å². The lowest BCUT2D eigenvalue weighted by Gasteiger charge is -2.12. The van der Waals surface area contributed by atoms with Gasteiger partial charge in [0.15, 0.2) is 6.29 Å². The monoisotopic (exact) mass is 240 g/mol. The zero-order chi connectivity index (χ0) is 12.5. The van der Waals surface area contributed by atoms with E-state index in [0.29, 0.717) is 25.4 Å². The maximum atomic E-state index is 9.46. The molecule has 0 bridgehead atoms. The van der Waals surface area contributed by atoms with Crippen molar-refractivity contribution in [1.29, 1.82) is 0 Å². The molecule has 0 spiro atoms. The largest absolute Gasteiger partial charge is 0.508 e. The van der Waals surface area contributed by atoms with Crippen LogP contribution in [0.2, 0.25) is 0 Å². The van der Waals surface area contributed by atoms with Crippen LogP contribution in [-0.4, -0.2) is 29.7 Å². The fourth-order valence-corrected chi connectivity index (χ4v) is 1.30. The van der Waals surface area contributed by atoms with E-state index >= 15 is 0 Å². The number of benzene rings is 1. The second kappa shape index (κ2) is 7.92. The standard InChI is InChI=1S/C13H20O4/c1-2-3-8-17-13(15)7-9-16-12-6-4-5-11(14)10-12/h4-6,10,13-15H,2-3,7-9H2,1H3. The SMILES string of the molecule is CCCCOC(O)CCOc1cccc(O)c1. The molecule has 0 aliphatic rings. The summed E-state index contributed by atoms with van der Waals surface area (Å²) < 4.78 is 10.5. The van der Waals surface area contributed by atoms with E-state index in [0.717, 1.165) is 12.8 Å².